The van der Waals surface area contributed by atoms with Crippen molar-refractivity contribution in [1.82, 2.24) is 25.0 Å². The molecule has 0 bridgehead atoms. The Labute approximate surface area is 217 Å². The van der Waals surface area contributed by atoms with E-state index in [1.807, 2.05) is 24.3 Å². The van der Waals surface area contributed by atoms with Gasteiger partial charge in [-0.2, -0.15) is 10.1 Å². The molecule has 4 aromatic rings. The van der Waals surface area contributed by atoms with Crippen molar-refractivity contribution in [3.05, 3.63) is 51.3 Å². The number of aliphatic hydroxyl groups is 1. The predicted molar refractivity (Wildman–Crippen MR) is 138 cm³/mol. The highest BCUT2D eigenvalue weighted by molar-refractivity contribution is 6.33. The molecule has 0 spiro atoms. The highest BCUT2D eigenvalue weighted by Crippen LogP contribution is 2.32. The van der Waals surface area contributed by atoms with Gasteiger partial charge in [0.1, 0.15) is 6.10 Å². The number of halogens is 1. The number of benzene rings is 1. The molecule has 1 aliphatic heterocycles. The topological polar surface area (TPSA) is 137 Å². The number of amides is 1. The summed E-state index contributed by atoms with van der Waals surface area (Å²) in [5.41, 5.74) is 2.73. The lowest BCUT2D eigenvalue weighted by Gasteiger charge is -2.36. The number of nitrogens with zero attached hydrogens (tertiary/aromatic N) is 3. The maximum absolute atomic E-state index is 12.6. The van der Waals surface area contributed by atoms with Gasteiger partial charge in [-0.25, -0.2) is 4.98 Å². The number of carbonyl (C=O) groups excluding carboxylic acids is 1. The summed E-state index contributed by atoms with van der Waals surface area (Å²) in [6.45, 7) is 6.13. The third kappa shape index (κ3) is 4.86. The first kappa shape index (κ1) is 25.0. The molecule has 194 valence electrons. The number of aromatic nitrogens is 4. The summed E-state index contributed by atoms with van der Waals surface area (Å²) in [6.07, 6.45) is 1.23. The minimum absolute atomic E-state index is 0.0515. The molecule has 1 aromatic carbocycles. The lowest BCUT2D eigenvalue weighted by Crippen LogP contribution is -2.48. The monoisotopic (exact) mass is 525 g/mol. The van der Waals surface area contributed by atoms with Gasteiger partial charge >= 0.3 is 0 Å². The van der Waals surface area contributed by atoms with Crippen LogP contribution < -0.4 is 10.3 Å². The summed E-state index contributed by atoms with van der Waals surface area (Å²) in [7, 11) is 0. The fraction of sp³-hybridized carbons (Fsp3) is 0.385. The first-order valence-electron chi connectivity index (χ1n) is 12.1. The van der Waals surface area contributed by atoms with E-state index in [0.717, 1.165) is 11.1 Å². The fourth-order valence-corrected chi connectivity index (χ4v) is 4.65. The zero-order valence-electron chi connectivity index (χ0n) is 20.8. The smallest absolute Gasteiger partial charge is 0.296 e. The molecule has 37 heavy (non-hydrogen) atoms. The molecular formula is C26H28ClN5O5. The van der Waals surface area contributed by atoms with Gasteiger partial charge in [0, 0.05) is 37.1 Å². The van der Waals surface area contributed by atoms with Gasteiger partial charge in [-0.1, -0.05) is 35.9 Å². The van der Waals surface area contributed by atoms with Crippen LogP contribution in [0.15, 0.2) is 39.6 Å². The van der Waals surface area contributed by atoms with Crippen LogP contribution in [-0.4, -0.2) is 61.8 Å². The minimum atomic E-state index is -0.786. The molecule has 0 unspecified atom stereocenters. The van der Waals surface area contributed by atoms with Crippen molar-refractivity contribution in [3.63, 3.8) is 0 Å². The van der Waals surface area contributed by atoms with Gasteiger partial charge in [-0.05, 0) is 26.8 Å². The Hall–Kier alpha value is -3.63. The summed E-state index contributed by atoms with van der Waals surface area (Å²) in [6, 6.07) is 9.52. The van der Waals surface area contributed by atoms with E-state index in [1.165, 1.54) is 0 Å². The molecule has 1 aliphatic rings. The fourth-order valence-electron chi connectivity index (χ4n) is 4.39. The number of hydrogen-bond donors (Lipinski definition) is 3. The van der Waals surface area contributed by atoms with Gasteiger partial charge in [0.2, 0.25) is 5.91 Å². The summed E-state index contributed by atoms with van der Waals surface area (Å²) in [4.78, 5) is 38.3. The van der Waals surface area contributed by atoms with Crippen LogP contribution in [0.25, 0.3) is 33.7 Å². The van der Waals surface area contributed by atoms with Gasteiger partial charge in [0.25, 0.3) is 11.6 Å². The first-order chi connectivity index (χ1) is 17.7. The average molecular weight is 526 g/mol. The number of H-pyrrole nitrogens is 2. The van der Waals surface area contributed by atoms with Crippen LogP contribution in [0.3, 0.4) is 0 Å². The number of ether oxygens (including phenoxy) is 1. The van der Waals surface area contributed by atoms with Crippen molar-refractivity contribution in [2.45, 2.75) is 39.7 Å². The molecule has 0 saturated carbocycles. The standard InChI is InChI=1S/C26H28ClN5O5/c1-14-21(37-31-23(14)34)16-6-4-15(5-7-16)20-18(27)12-19-22(29-20)30-25(28-19)36-17-8-10-32(11-9-17)24(35)26(2,3)13-33/h4-7,12,17,33H,8-11,13H2,1-3H3,(H,31,34)(H,28,29,30). The summed E-state index contributed by atoms with van der Waals surface area (Å²) < 4.78 is 11.3. The van der Waals surface area contributed by atoms with E-state index in [1.54, 1.807) is 31.7 Å². The SMILES string of the molecule is Cc1c(-c2ccc(-c3nc4nc(OC5CCN(C(=O)C(C)(C)CO)CC5)[nH]c4cc3Cl)cc2)o[nH]c1=O. The summed E-state index contributed by atoms with van der Waals surface area (Å²) in [5, 5.41) is 12.3. The molecule has 4 heterocycles. The third-order valence-electron chi connectivity index (χ3n) is 6.73. The van der Waals surface area contributed by atoms with Gasteiger partial charge < -0.3 is 24.3 Å². The number of rotatable bonds is 6. The average Bonchev–Trinajstić information content (AvgIpc) is 3.44. The van der Waals surface area contributed by atoms with Crippen LogP contribution in [0.1, 0.15) is 32.3 Å². The van der Waals surface area contributed by atoms with Crippen LogP contribution in [0.2, 0.25) is 5.02 Å². The molecule has 5 rings (SSSR count). The number of aliphatic hydroxyl groups excluding tert-OH is 1. The van der Waals surface area contributed by atoms with E-state index in [4.69, 9.17) is 20.9 Å². The molecule has 3 N–H and O–H groups in total. The largest absolute Gasteiger partial charge is 0.461 e. The summed E-state index contributed by atoms with van der Waals surface area (Å²) in [5.74, 6) is 0.442. The van der Waals surface area contributed by atoms with Crippen molar-refractivity contribution in [2.24, 2.45) is 5.41 Å². The van der Waals surface area contributed by atoms with Crippen molar-refractivity contribution in [1.29, 1.82) is 0 Å². The zero-order chi connectivity index (χ0) is 26.3. The minimum Gasteiger partial charge on any atom is -0.461 e. The highest BCUT2D eigenvalue weighted by Gasteiger charge is 2.34. The second-order valence-electron chi connectivity index (χ2n) is 9.95. The number of carbonyl (C=O) groups is 1. The number of pyridine rings is 1. The van der Waals surface area contributed by atoms with Crippen molar-refractivity contribution in [3.8, 4) is 28.6 Å². The highest BCUT2D eigenvalue weighted by atomic mass is 35.5. The van der Waals surface area contributed by atoms with Crippen LogP contribution in [0.5, 0.6) is 6.01 Å². The van der Waals surface area contributed by atoms with E-state index in [-0.39, 0.29) is 24.2 Å². The molecule has 11 heteroatoms. The quantitative estimate of drug-likeness (QED) is 0.347. The Morgan fingerprint density at radius 2 is 1.89 bits per heavy atom. The zero-order valence-corrected chi connectivity index (χ0v) is 21.6. The van der Waals surface area contributed by atoms with Crippen LogP contribution in [0.4, 0.5) is 0 Å². The van der Waals surface area contributed by atoms with Crippen LogP contribution in [-0.2, 0) is 4.79 Å². The van der Waals surface area contributed by atoms with Crippen molar-refractivity contribution < 1.29 is 19.2 Å². The number of hydrogen-bond acceptors (Lipinski definition) is 7. The van der Waals surface area contributed by atoms with Crippen LogP contribution >= 0.6 is 11.6 Å². The van der Waals surface area contributed by atoms with E-state index in [0.29, 0.717) is 65.1 Å². The number of likely N-dealkylation sites (tertiary alicyclic amines) is 1. The maximum atomic E-state index is 12.6. The third-order valence-corrected chi connectivity index (χ3v) is 7.02. The molecule has 1 saturated heterocycles. The molecular weight excluding hydrogens is 498 g/mol. The van der Waals surface area contributed by atoms with Crippen LogP contribution in [0, 0.1) is 12.3 Å². The number of imidazole rings is 1. The summed E-state index contributed by atoms with van der Waals surface area (Å²) >= 11 is 6.55. The predicted octanol–water partition coefficient (Wildman–Crippen LogP) is 3.92. The number of fused-ring (bicyclic) bond motifs is 1. The van der Waals surface area contributed by atoms with E-state index >= 15 is 0 Å². The Morgan fingerprint density at radius 1 is 1.22 bits per heavy atom. The first-order valence-corrected chi connectivity index (χ1v) is 12.5. The molecule has 0 atom stereocenters. The van der Waals surface area contributed by atoms with Gasteiger partial charge in [-0.3, -0.25) is 9.59 Å². The molecule has 10 nitrogen and oxygen atoms in total. The number of aromatic amines is 2. The van der Waals surface area contributed by atoms with E-state index in [2.05, 4.69) is 20.1 Å². The second-order valence-corrected chi connectivity index (χ2v) is 10.4. The van der Waals surface area contributed by atoms with Crippen molar-refractivity contribution in [2.75, 3.05) is 19.7 Å². The normalized spacial score (nSPS) is 14.9. The van der Waals surface area contributed by atoms with Crippen molar-refractivity contribution >= 4 is 28.7 Å². The van der Waals surface area contributed by atoms with E-state index in [9.17, 15) is 14.7 Å². The van der Waals surface area contributed by atoms with E-state index < -0.39 is 5.41 Å². The molecule has 0 aliphatic carbocycles. The Bertz CT molecular complexity index is 1500. The maximum Gasteiger partial charge on any atom is 0.296 e. The molecule has 3 aromatic heterocycles. The lowest BCUT2D eigenvalue weighted by atomic mass is 9.91. The Morgan fingerprint density at radius 3 is 2.51 bits per heavy atom. The second kappa shape index (κ2) is 9.68. The Kier molecular flexibility index (Phi) is 6.55. The number of piperidine rings is 1. The molecule has 0 radical (unpaired) electrons. The van der Waals surface area contributed by atoms with Gasteiger partial charge in [-0.15, -0.1) is 0 Å². The lowest BCUT2D eigenvalue weighted by molar-refractivity contribution is -0.144. The molecule has 1 fully saturated rings. The molecule has 1 amide bonds. The van der Waals surface area contributed by atoms with Gasteiger partial charge in [0.15, 0.2) is 11.4 Å². The van der Waals surface area contributed by atoms with Gasteiger partial charge in [0.05, 0.1) is 33.8 Å². The number of nitrogens with one attached hydrogen (secondary N) is 2. The Balaban J connectivity index is 1.29.